The Labute approximate surface area is 107 Å². The molecular weight excluding hydrogens is 264 g/mol. The Balaban J connectivity index is 3.07. The van der Waals surface area contributed by atoms with E-state index in [-0.39, 0.29) is 22.9 Å². The highest BCUT2D eigenvalue weighted by atomic mass is 35.5. The molecule has 18 heavy (non-hydrogen) atoms. The third-order valence-corrected chi connectivity index (χ3v) is 2.63. The van der Waals surface area contributed by atoms with Crippen molar-refractivity contribution in [1.82, 2.24) is 0 Å². The molecule has 0 saturated heterocycles. The Morgan fingerprint density at radius 2 is 1.89 bits per heavy atom. The van der Waals surface area contributed by atoms with Crippen molar-refractivity contribution in [2.24, 2.45) is 5.92 Å². The summed E-state index contributed by atoms with van der Waals surface area (Å²) in [5, 5.41) is 27.0. The first kappa shape index (κ1) is 14.1. The Bertz CT molecular complexity index is 471. The number of rotatable bonds is 5. The molecule has 0 heterocycles. The van der Waals surface area contributed by atoms with E-state index in [4.69, 9.17) is 26.6 Å². The van der Waals surface area contributed by atoms with Gasteiger partial charge in [0.1, 0.15) is 0 Å². The number of carboxylic acids is 2. The number of phenols is 1. The topological polar surface area (TPSA) is 104 Å². The van der Waals surface area contributed by atoms with Gasteiger partial charge in [-0.2, -0.15) is 0 Å². The van der Waals surface area contributed by atoms with Gasteiger partial charge in [0.25, 0.3) is 0 Å². The minimum Gasteiger partial charge on any atom is -0.503 e. The van der Waals surface area contributed by atoms with Crippen LogP contribution in [-0.4, -0.2) is 34.4 Å². The number of aromatic hydroxyl groups is 1. The molecule has 7 heteroatoms. The van der Waals surface area contributed by atoms with Crippen molar-refractivity contribution in [3.05, 3.63) is 22.7 Å². The summed E-state index contributed by atoms with van der Waals surface area (Å²) >= 11 is 5.72. The van der Waals surface area contributed by atoms with Crippen molar-refractivity contribution in [2.45, 2.75) is 6.42 Å². The van der Waals surface area contributed by atoms with Crippen LogP contribution in [0.25, 0.3) is 0 Å². The summed E-state index contributed by atoms with van der Waals surface area (Å²) in [5.74, 6) is -4.66. The third kappa shape index (κ3) is 3.04. The Hall–Kier alpha value is -1.95. The number of phenolic OH excluding ortho intramolecular Hbond substituents is 1. The molecule has 0 spiro atoms. The van der Waals surface area contributed by atoms with Crippen LogP contribution >= 0.6 is 11.6 Å². The summed E-state index contributed by atoms with van der Waals surface area (Å²) in [6.07, 6.45) is -0.249. The number of ether oxygens (including phenoxy) is 1. The molecule has 98 valence electrons. The maximum atomic E-state index is 10.8. The van der Waals surface area contributed by atoms with E-state index in [1.165, 1.54) is 19.2 Å². The van der Waals surface area contributed by atoms with E-state index in [0.29, 0.717) is 5.56 Å². The van der Waals surface area contributed by atoms with Crippen molar-refractivity contribution in [3.63, 3.8) is 0 Å². The Kier molecular flexibility index (Phi) is 4.38. The highest BCUT2D eigenvalue weighted by molar-refractivity contribution is 6.32. The Morgan fingerprint density at radius 1 is 1.33 bits per heavy atom. The van der Waals surface area contributed by atoms with E-state index in [1.807, 2.05) is 0 Å². The SMILES string of the molecule is COc1cc(CC(C(=O)O)C(=O)O)cc(Cl)c1O. The fourth-order valence-corrected chi connectivity index (χ4v) is 1.65. The molecule has 6 nitrogen and oxygen atoms in total. The van der Waals surface area contributed by atoms with Gasteiger partial charge in [-0.25, -0.2) is 0 Å². The quantitative estimate of drug-likeness (QED) is 0.701. The molecule has 0 atom stereocenters. The molecule has 0 aromatic heterocycles. The number of hydrogen-bond donors (Lipinski definition) is 3. The normalized spacial score (nSPS) is 10.4. The molecule has 0 unspecified atom stereocenters. The van der Waals surface area contributed by atoms with Crippen molar-refractivity contribution in [2.75, 3.05) is 7.11 Å². The fraction of sp³-hybridized carbons (Fsp3) is 0.273. The lowest BCUT2D eigenvalue weighted by atomic mass is 9.99. The number of hydrogen-bond acceptors (Lipinski definition) is 4. The van der Waals surface area contributed by atoms with Crippen molar-refractivity contribution in [1.29, 1.82) is 0 Å². The lowest BCUT2D eigenvalue weighted by Gasteiger charge is -2.11. The molecule has 0 bridgehead atoms. The summed E-state index contributed by atoms with van der Waals surface area (Å²) in [4.78, 5) is 21.5. The van der Waals surface area contributed by atoms with E-state index < -0.39 is 17.9 Å². The molecule has 3 N–H and O–H groups in total. The highest BCUT2D eigenvalue weighted by Gasteiger charge is 2.26. The summed E-state index contributed by atoms with van der Waals surface area (Å²) in [6.45, 7) is 0. The molecule has 0 amide bonds. The molecule has 1 aromatic carbocycles. The maximum absolute atomic E-state index is 10.8. The second-order valence-electron chi connectivity index (χ2n) is 3.56. The molecule has 0 aliphatic heterocycles. The van der Waals surface area contributed by atoms with Crippen molar-refractivity contribution in [3.8, 4) is 11.5 Å². The number of halogens is 1. The maximum Gasteiger partial charge on any atom is 0.318 e. The predicted octanol–water partition coefficient (Wildman–Crippen LogP) is 1.38. The average molecular weight is 275 g/mol. The zero-order valence-electron chi connectivity index (χ0n) is 9.38. The lowest BCUT2D eigenvalue weighted by Crippen LogP contribution is -2.25. The van der Waals surface area contributed by atoms with Crippen LogP contribution in [0, 0.1) is 5.92 Å². The standard InChI is InChI=1S/C11H11ClO6/c1-18-8-4-5(3-7(12)9(8)13)2-6(10(14)15)11(16)17/h3-4,6,13H,2H2,1H3,(H,14,15)(H,16,17). The highest BCUT2D eigenvalue weighted by Crippen LogP contribution is 2.35. The van der Waals surface area contributed by atoms with Gasteiger partial charge in [0.15, 0.2) is 17.4 Å². The van der Waals surface area contributed by atoms with E-state index in [1.54, 1.807) is 0 Å². The summed E-state index contributed by atoms with van der Waals surface area (Å²) in [7, 11) is 1.31. The van der Waals surface area contributed by atoms with Crippen LogP contribution in [0.1, 0.15) is 5.56 Å². The monoisotopic (exact) mass is 274 g/mol. The number of benzene rings is 1. The van der Waals surface area contributed by atoms with Crippen molar-refractivity contribution < 1.29 is 29.6 Å². The van der Waals surface area contributed by atoms with Crippen molar-refractivity contribution >= 4 is 23.5 Å². The zero-order chi connectivity index (χ0) is 13.9. The van der Waals surface area contributed by atoms with Gasteiger partial charge in [-0.1, -0.05) is 11.6 Å². The fourth-order valence-electron chi connectivity index (χ4n) is 1.42. The molecule has 1 rings (SSSR count). The minimum absolute atomic E-state index is 0.0288. The van der Waals surface area contributed by atoms with Gasteiger partial charge in [-0.15, -0.1) is 0 Å². The lowest BCUT2D eigenvalue weighted by molar-refractivity contribution is -0.154. The first-order valence-corrected chi connectivity index (χ1v) is 5.25. The first-order chi connectivity index (χ1) is 8.36. The second-order valence-corrected chi connectivity index (χ2v) is 3.97. The molecule has 0 saturated carbocycles. The van der Waals surface area contributed by atoms with Gasteiger partial charge in [0.2, 0.25) is 0 Å². The third-order valence-electron chi connectivity index (χ3n) is 2.34. The number of methoxy groups -OCH3 is 1. The van der Waals surface area contributed by atoms with Crippen LogP contribution < -0.4 is 4.74 Å². The van der Waals surface area contributed by atoms with E-state index >= 15 is 0 Å². The van der Waals surface area contributed by atoms with E-state index in [0.717, 1.165) is 0 Å². The largest absolute Gasteiger partial charge is 0.503 e. The molecule has 0 aliphatic carbocycles. The predicted molar refractivity (Wildman–Crippen MR) is 62.1 cm³/mol. The Morgan fingerprint density at radius 3 is 2.33 bits per heavy atom. The van der Waals surface area contributed by atoms with Crippen LogP contribution in [-0.2, 0) is 16.0 Å². The summed E-state index contributed by atoms with van der Waals surface area (Å²) in [5.41, 5.74) is 0.351. The van der Waals surface area contributed by atoms with Gasteiger partial charge in [0, 0.05) is 0 Å². The number of carbonyl (C=O) groups is 2. The van der Waals surface area contributed by atoms with E-state index in [2.05, 4.69) is 0 Å². The molecule has 1 aromatic rings. The minimum atomic E-state index is -1.57. The van der Waals surface area contributed by atoms with Crippen LogP contribution in [0.4, 0.5) is 0 Å². The number of aliphatic carboxylic acids is 2. The molecule has 0 fully saturated rings. The van der Waals surface area contributed by atoms with Crippen LogP contribution in [0.15, 0.2) is 12.1 Å². The number of carboxylic acid groups (broad SMARTS) is 2. The van der Waals surface area contributed by atoms with Gasteiger partial charge in [0.05, 0.1) is 12.1 Å². The average Bonchev–Trinajstić information content (AvgIpc) is 2.29. The molecule has 0 aliphatic rings. The van der Waals surface area contributed by atoms with Gasteiger partial charge < -0.3 is 20.1 Å². The van der Waals surface area contributed by atoms with Crippen LogP contribution in [0.3, 0.4) is 0 Å². The second kappa shape index (κ2) is 5.59. The molecular formula is C11H11ClO6. The first-order valence-electron chi connectivity index (χ1n) is 4.87. The van der Waals surface area contributed by atoms with E-state index in [9.17, 15) is 14.7 Å². The van der Waals surface area contributed by atoms with Crippen LogP contribution in [0.2, 0.25) is 5.02 Å². The summed E-state index contributed by atoms with van der Waals surface area (Å²) < 4.78 is 4.84. The molecule has 0 radical (unpaired) electrons. The zero-order valence-corrected chi connectivity index (χ0v) is 10.1. The van der Waals surface area contributed by atoms with Gasteiger partial charge in [-0.3, -0.25) is 9.59 Å². The van der Waals surface area contributed by atoms with Gasteiger partial charge >= 0.3 is 11.9 Å². The van der Waals surface area contributed by atoms with Gasteiger partial charge in [-0.05, 0) is 24.1 Å². The summed E-state index contributed by atoms with van der Waals surface area (Å²) in [6, 6.07) is 2.65. The smallest absolute Gasteiger partial charge is 0.318 e. The van der Waals surface area contributed by atoms with Crippen LogP contribution in [0.5, 0.6) is 11.5 Å².